The number of aromatic nitrogens is 1. The van der Waals surface area contributed by atoms with Crippen molar-refractivity contribution >= 4 is 44.1 Å². The number of rotatable bonds is 4. The van der Waals surface area contributed by atoms with Crippen molar-refractivity contribution in [2.24, 2.45) is 0 Å². The van der Waals surface area contributed by atoms with Crippen molar-refractivity contribution in [2.75, 3.05) is 6.61 Å². The van der Waals surface area contributed by atoms with Gasteiger partial charge in [-0.05, 0) is 67.8 Å². The van der Waals surface area contributed by atoms with Gasteiger partial charge in [0.2, 0.25) is 5.78 Å². The molecule has 0 radical (unpaired) electrons. The number of hydrogen-bond donors (Lipinski definition) is 0. The number of hydrogen-bond acceptors (Lipinski definition) is 3. The summed E-state index contributed by atoms with van der Waals surface area (Å²) in [4.78, 5) is 25.8. The molecule has 0 aliphatic rings. The molecule has 2 heterocycles. The molecule has 0 amide bonds. The van der Waals surface area contributed by atoms with E-state index in [1.165, 1.54) is 0 Å². The van der Waals surface area contributed by atoms with Crippen LogP contribution in [-0.2, 0) is 4.74 Å². The molecule has 140 valence electrons. The molecule has 28 heavy (non-hydrogen) atoms. The maximum absolute atomic E-state index is 13.3. The van der Waals surface area contributed by atoms with Gasteiger partial charge in [-0.15, -0.1) is 0 Å². The standard InChI is InChI=1S/C23H18BrNO3/c1-3-28-23(27)18-13-21(22(26)15-5-8-17(24)9-6-15)25-19-10-4-14(2)12-16(19)7-11-20(18)25/h4-13H,3H2,1-2H3. The number of benzene rings is 2. The Labute approximate surface area is 170 Å². The summed E-state index contributed by atoms with van der Waals surface area (Å²) in [6.45, 7) is 4.07. The normalized spacial score (nSPS) is 11.1. The van der Waals surface area contributed by atoms with E-state index in [2.05, 4.69) is 22.0 Å². The van der Waals surface area contributed by atoms with Gasteiger partial charge in [0.05, 0.1) is 28.9 Å². The molecule has 0 saturated heterocycles. The van der Waals surface area contributed by atoms with Crippen molar-refractivity contribution in [1.82, 2.24) is 4.40 Å². The van der Waals surface area contributed by atoms with Crippen LogP contribution in [0.3, 0.4) is 0 Å². The van der Waals surface area contributed by atoms with Crippen LogP contribution >= 0.6 is 15.9 Å². The second-order valence-corrected chi connectivity index (χ2v) is 7.53. The summed E-state index contributed by atoms with van der Waals surface area (Å²) in [6.07, 6.45) is 0. The zero-order chi connectivity index (χ0) is 19.8. The maximum atomic E-state index is 13.3. The molecule has 0 aliphatic carbocycles. The molecule has 2 aromatic carbocycles. The van der Waals surface area contributed by atoms with Gasteiger partial charge in [-0.3, -0.25) is 4.79 Å². The van der Waals surface area contributed by atoms with Crippen molar-refractivity contribution in [3.8, 4) is 0 Å². The summed E-state index contributed by atoms with van der Waals surface area (Å²) in [5.74, 6) is -0.576. The third-order valence-electron chi connectivity index (χ3n) is 4.72. The molecule has 0 spiro atoms. The Morgan fingerprint density at radius 2 is 1.68 bits per heavy atom. The lowest BCUT2D eigenvalue weighted by atomic mass is 10.1. The predicted molar refractivity (Wildman–Crippen MR) is 113 cm³/mol. The number of ether oxygens (including phenoxy) is 1. The second kappa shape index (κ2) is 7.24. The van der Waals surface area contributed by atoms with E-state index in [0.717, 1.165) is 20.9 Å². The predicted octanol–water partition coefficient (Wildman–Crippen LogP) is 5.57. The van der Waals surface area contributed by atoms with E-state index >= 15 is 0 Å². The molecule has 0 aliphatic heterocycles. The number of nitrogens with zero attached hydrogens (tertiary/aromatic N) is 1. The highest BCUT2D eigenvalue weighted by atomic mass is 79.9. The lowest BCUT2D eigenvalue weighted by molar-refractivity contribution is 0.0529. The second-order valence-electron chi connectivity index (χ2n) is 6.62. The van der Waals surface area contributed by atoms with E-state index in [1.54, 1.807) is 25.1 Å². The number of halogens is 1. The zero-order valence-corrected chi connectivity index (χ0v) is 17.1. The quantitative estimate of drug-likeness (QED) is 0.310. The monoisotopic (exact) mass is 435 g/mol. The summed E-state index contributed by atoms with van der Waals surface area (Å²) in [5, 5.41) is 1.00. The van der Waals surface area contributed by atoms with Crippen molar-refractivity contribution < 1.29 is 14.3 Å². The molecule has 4 nitrogen and oxygen atoms in total. The van der Waals surface area contributed by atoms with Crippen molar-refractivity contribution in [1.29, 1.82) is 0 Å². The topological polar surface area (TPSA) is 47.8 Å². The molecule has 0 atom stereocenters. The Balaban J connectivity index is 2.01. The van der Waals surface area contributed by atoms with E-state index in [-0.39, 0.29) is 12.4 Å². The van der Waals surface area contributed by atoms with Crippen LogP contribution in [0.4, 0.5) is 0 Å². The van der Waals surface area contributed by atoms with Crippen LogP contribution in [0.2, 0.25) is 0 Å². The van der Waals surface area contributed by atoms with Crippen LogP contribution < -0.4 is 0 Å². The van der Waals surface area contributed by atoms with Crippen LogP contribution in [0, 0.1) is 6.92 Å². The maximum Gasteiger partial charge on any atom is 0.340 e. The Morgan fingerprint density at radius 1 is 0.964 bits per heavy atom. The zero-order valence-electron chi connectivity index (χ0n) is 15.5. The van der Waals surface area contributed by atoms with E-state index in [1.807, 2.05) is 47.7 Å². The van der Waals surface area contributed by atoms with Crippen LogP contribution in [0.1, 0.15) is 38.9 Å². The van der Waals surface area contributed by atoms with Gasteiger partial charge >= 0.3 is 5.97 Å². The Kier molecular flexibility index (Phi) is 4.77. The average molecular weight is 436 g/mol. The summed E-state index contributed by atoms with van der Waals surface area (Å²) < 4.78 is 7.96. The van der Waals surface area contributed by atoms with Crippen LogP contribution in [-0.4, -0.2) is 22.8 Å². The lowest BCUT2D eigenvalue weighted by Crippen LogP contribution is -2.05. The lowest BCUT2D eigenvalue weighted by Gasteiger charge is -2.08. The number of carbonyl (C=O) groups excluding carboxylic acids is 2. The van der Waals surface area contributed by atoms with Gasteiger partial charge in [-0.1, -0.05) is 33.6 Å². The van der Waals surface area contributed by atoms with Gasteiger partial charge in [-0.2, -0.15) is 0 Å². The molecule has 5 heteroatoms. The number of fused-ring (bicyclic) bond motifs is 3. The first-order valence-electron chi connectivity index (χ1n) is 9.02. The molecule has 0 fully saturated rings. The molecular formula is C23H18BrNO3. The molecule has 2 aromatic heterocycles. The third kappa shape index (κ3) is 3.12. The molecule has 4 rings (SSSR count). The van der Waals surface area contributed by atoms with Crippen LogP contribution in [0.5, 0.6) is 0 Å². The first-order valence-corrected chi connectivity index (χ1v) is 9.81. The van der Waals surface area contributed by atoms with Gasteiger partial charge in [0.15, 0.2) is 0 Å². The number of pyridine rings is 1. The molecule has 4 aromatic rings. The highest BCUT2D eigenvalue weighted by Gasteiger charge is 2.22. The minimum Gasteiger partial charge on any atom is -0.462 e. The largest absolute Gasteiger partial charge is 0.462 e. The third-order valence-corrected chi connectivity index (χ3v) is 5.25. The summed E-state index contributed by atoms with van der Waals surface area (Å²) in [5.41, 5.74) is 4.06. The fourth-order valence-corrected chi connectivity index (χ4v) is 3.68. The van der Waals surface area contributed by atoms with Crippen molar-refractivity contribution in [3.05, 3.63) is 87.5 Å². The molecule has 0 saturated carbocycles. The number of esters is 1. The molecular weight excluding hydrogens is 418 g/mol. The van der Waals surface area contributed by atoms with E-state index in [0.29, 0.717) is 22.3 Å². The highest BCUT2D eigenvalue weighted by Crippen LogP contribution is 2.27. The van der Waals surface area contributed by atoms with E-state index in [9.17, 15) is 9.59 Å². The summed E-state index contributed by atoms with van der Waals surface area (Å²) >= 11 is 3.39. The van der Waals surface area contributed by atoms with Crippen LogP contribution in [0.25, 0.3) is 16.4 Å². The van der Waals surface area contributed by atoms with Gasteiger partial charge in [0.25, 0.3) is 0 Å². The Bertz CT molecular complexity index is 1220. The fraction of sp³-hybridized carbons (Fsp3) is 0.130. The number of aryl methyl sites for hydroxylation is 1. The summed E-state index contributed by atoms with van der Waals surface area (Å²) in [6, 6.07) is 18.7. The smallest absolute Gasteiger partial charge is 0.340 e. The van der Waals surface area contributed by atoms with E-state index in [4.69, 9.17) is 4.74 Å². The first-order chi connectivity index (χ1) is 13.5. The van der Waals surface area contributed by atoms with Crippen LogP contribution in [0.15, 0.2) is 65.1 Å². The number of carbonyl (C=O) groups is 2. The van der Waals surface area contributed by atoms with Crippen molar-refractivity contribution in [3.63, 3.8) is 0 Å². The minimum absolute atomic E-state index is 0.147. The van der Waals surface area contributed by atoms with Gasteiger partial charge in [-0.25, -0.2) is 4.79 Å². The molecule has 0 N–H and O–H groups in total. The SMILES string of the molecule is CCOC(=O)c1cc(C(=O)c2ccc(Br)cc2)n2c1ccc1cc(C)ccc12. The fourth-order valence-electron chi connectivity index (χ4n) is 3.42. The van der Waals surface area contributed by atoms with Gasteiger partial charge < -0.3 is 9.14 Å². The molecule has 0 bridgehead atoms. The van der Waals surface area contributed by atoms with E-state index < -0.39 is 5.97 Å². The Hall–Kier alpha value is -2.92. The first kappa shape index (κ1) is 18.4. The van der Waals surface area contributed by atoms with Crippen molar-refractivity contribution in [2.45, 2.75) is 13.8 Å². The highest BCUT2D eigenvalue weighted by molar-refractivity contribution is 9.10. The van der Waals surface area contributed by atoms with Gasteiger partial charge in [0.1, 0.15) is 0 Å². The minimum atomic E-state index is -0.429. The van der Waals surface area contributed by atoms with Gasteiger partial charge in [0, 0.05) is 10.0 Å². The average Bonchev–Trinajstić information content (AvgIpc) is 3.08. The number of ketones is 1. The molecule has 0 unspecified atom stereocenters. The Morgan fingerprint density at radius 3 is 2.39 bits per heavy atom. The summed E-state index contributed by atoms with van der Waals surface area (Å²) in [7, 11) is 0.